The molecule has 0 atom stereocenters. The molecule has 200 valence electrons. The summed E-state index contributed by atoms with van der Waals surface area (Å²) in [6, 6.07) is 14.7. The normalized spacial score (nSPS) is 11.6. The van der Waals surface area contributed by atoms with Gasteiger partial charge in [0.15, 0.2) is 5.78 Å². The van der Waals surface area contributed by atoms with Gasteiger partial charge >= 0.3 is 6.18 Å². The van der Waals surface area contributed by atoms with Crippen molar-refractivity contribution in [3.8, 4) is 0 Å². The largest absolute Gasteiger partial charge is 0.417 e. The number of amides is 1. The summed E-state index contributed by atoms with van der Waals surface area (Å²) in [5, 5.41) is 2.25. The maximum Gasteiger partial charge on any atom is 0.417 e. The molecule has 3 aromatic rings. The van der Waals surface area contributed by atoms with E-state index >= 15 is 0 Å². The lowest BCUT2D eigenvalue weighted by Gasteiger charge is -2.12. The molecule has 0 spiro atoms. The average Bonchev–Trinajstić information content (AvgIpc) is 2.91. The van der Waals surface area contributed by atoms with E-state index in [-0.39, 0.29) is 28.4 Å². The molecule has 3 rings (SSSR count). The minimum Gasteiger partial charge on any atom is -0.404 e. The van der Waals surface area contributed by atoms with Crippen LogP contribution in [0.5, 0.6) is 0 Å². The Balaban J connectivity index is 0.00000247. The first-order chi connectivity index (χ1) is 18.0. The van der Waals surface area contributed by atoms with Crippen LogP contribution in [0.3, 0.4) is 0 Å². The van der Waals surface area contributed by atoms with Crippen LogP contribution in [0, 0.1) is 6.92 Å². The quantitative estimate of drug-likeness (QED) is 0.132. The van der Waals surface area contributed by atoms with E-state index in [1.54, 1.807) is 49.4 Å². The van der Waals surface area contributed by atoms with Crippen LogP contribution >= 0.6 is 23.2 Å². The first-order valence-corrected chi connectivity index (χ1v) is 12.4. The number of aliphatic imine (C=N–C) groups is 1. The van der Waals surface area contributed by atoms with E-state index in [9.17, 15) is 22.8 Å². The number of hydrogen-bond acceptors (Lipinski definition) is 4. The Morgan fingerprint density at radius 3 is 2.39 bits per heavy atom. The predicted octanol–water partition coefficient (Wildman–Crippen LogP) is 8.11. The molecule has 3 aromatic carbocycles. The molecule has 0 unspecified atom stereocenters. The molecule has 0 heterocycles. The molecule has 0 aliphatic carbocycles. The van der Waals surface area contributed by atoms with Crippen molar-refractivity contribution >= 4 is 52.5 Å². The molecular weight excluding hydrogens is 538 g/mol. The molecule has 5 nitrogen and oxygen atoms in total. The SMILES string of the molecule is CC.Cc1ccc(NC(=O)c2cccc(CCl)c2)c(C(=O)/C(C=Nc2ccc(Cl)c(C(F)(F)F)c2)=C/N)c1. The van der Waals surface area contributed by atoms with E-state index in [0.717, 1.165) is 35.7 Å². The number of nitrogens with one attached hydrogen (secondary N) is 1. The fourth-order valence-electron chi connectivity index (χ4n) is 3.23. The van der Waals surface area contributed by atoms with Crippen molar-refractivity contribution in [2.75, 3.05) is 5.32 Å². The van der Waals surface area contributed by atoms with Crippen molar-refractivity contribution in [2.45, 2.75) is 32.8 Å². The smallest absolute Gasteiger partial charge is 0.404 e. The van der Waals surface area contributed by atoms with E-state index < -0.39 is 28.5 Å². The van der Waals surface area contributed by atoms with Crippen LogP contribution in [-0.2, 0) is 12.1 Å². The highest BCUT2D eigenvalue weighted by atomic mass is 35.5. The maximum absolute atomic E-state index is 13.3. The number of benzene rings is 3. The number of aryl methyl sites for hydroxylation is 1. The fraction of sp³-hybridized carbons (Fsp3) is 0.179. The Morgan fingerprint density at radius 1 is 1.05 bits per heavy atom. The Morgan fingerprint density at radius 2 is 1.76 bits per heavy atom. The number of carbonyl (C=O) groups is 2. The lowest BCUT2D eigenvalue weighted by atomic mass is 10.00. The molecule has 0 saturated carbocycles. The van der Waals surface area contributed by atoms with Crippen molar-refractivity contribution in [2.24, 2.45) is 10.7 Å². The minimum absolute atomic E-state index is 0.0733. The van der Waals surface area contributed by atoms with Gasteiger partial charge < -0.3 is 11.1 Å². The summed E-state index contributed by atoms with van der Waals surface area (Å²) < 4.78 is 39.4. The van der Waals surface area contributed by atoms with Crippen molar-refractivity contribution in [1.29, 1.82) is 0 Å². The first-order valence-electron chi connectivity index (χ1n) is 11.5. The molecule has 3 N–H and O–H groups in total. The number of ketones is 1. The Bertz CT molecular complexity index is 1370. The summed E-state index contributed by atoms with van der Waals surface area (Å²) in [5.41, 5.74) is 6.62. The molecule has 0 fully saturated rings. The zero-order chi connectivity index (χ0) is 28.5. The van der Waals surface area contributed by atoms with Gasteiger partial charge in [0.05, 0.1) is 27.5 Å². The van der Waals surface area contributed by atoms with Crippen molar-refractivity contribution < 1.29 is 22.8 Å². The topological polar surface area (TPSA) is 84.5 Å². The first kappa shape index (κ1) is 30.6. The van der Waals surface area contributed by atoms with Gasteiger partial charge in [-0.2, -0.15) is 13.2 Å². The van der Waals surface area contributed by atoms with Gasteiger partial charge in [0, 0.05) is 29.4 Å². The van der Waals surface area contributed by atoms with Gasteiger partial charge in [-0.05, 0) is 55.0 Å². The summed E-state index contributed by atoms with van der Waals surface area (Å²) in [6.07, 6.45) is -2.61. The highest BCUT2D eigenvalue weighted by molar-refractivity contribution is 6.31. The third kappa shape index (κ3) is 7.94. The van der Waals surface area contributed by atoms with Gasteiger partial charge in [-0.25, -0.2) is 0 Å². The number of nitrogens with zero attached hydrogens (tertiary/aromatic N) is 1. The molecule has 38 heavy (non-hydrogen) atoms. The number of carbonyl (C=O) groups excluding carboxylic acids is 2. The van der Waals surface area contributed by atoms with E-state index in [1.165, 1.54) is 6.07 Å². The van der Waals surface area contributed by atoms with E-state index in [4.69, 9.17) is 28.9 Å². The predicted molar refractivity (Wildman–Crippen MR) is 148 cm³/mol. The van der Waals surface area contributed by atoms with Gasteiger partial charge in [-0.1, -0.05) is 49.2 Å². The van der Waals surface area contributed by atoms with Crippen LogP contribution in [0.1, 0.15) is 51.3 Å². The van der Waals surface area contributed by atoms with Crippen LogP contribution < -0.4 is 11.1 Å². The monoisotopic (exact) mass is 563 g/mol. The summed E-state index contributed by atoms with van der Waals surface area (Å²) in [6.45, 7) is 5.76. The molecule has 0 aliphatic heterocycles. The van der Waals surface area contributed by atoms with Crippen LogP contribution in [0.2, 0.25) is 5.02 Å². The van der Waals surface area contributed by atoms with Gasteiger partial charge in [0.2, 0.25) is 0 Å². The van der Waals surface area contributed by atoms with Crippen molar-refractivity contribution in [3.05, 3.63) is 105 Å². The van der Waals surface area contributed by atoms with E-state index in [1.807, 2.05) is 13.8 Å². The molecule has 0 bridgehead atoms. The van der Waals surface area contributed by atoms with Gasteiger partial charge in [0.25, 0.3) is 5.91 Å². The molecule has 0 radical (unpaired) electrons. The number of alkyl halides is 4. The minimum atomic E-state index is -4.66. The third-order valence-corrected chi connectivity index (χ3v) is 5.70. The number of allylic oxidation sites excluding steroid dienone is 1. The summed E-state index contributed by atoms with van der Waals surface area (Å²) in [7, 11) is 0. The van der Waals surface area contributed by atoms with Gasteiger partial charge in [-0.3, -0.25) is 14.6 Å². The maximum atomic E-state index is 13.3. The van der Waals surface area contributed by atoms with Crippen LogP contribution in [-0.4, -0.2) is 17.9 Å². The van der Waals surface area contributed by atoms with E-state index in [2.05, 4.69) is 10.3 Å². The summed E-state index contributed by atoms with van der Waals surface area (Å²) in [5.74, 6) is -0.801. The lowest BCUT2D eigenvalue weighted by molar-refractivity contribution is -0.137. The molecule has 0 aromatic heterocycles. The second-order valence-electron chi connectivity index (χ2n) is 7.71. The molecule has 10 heteroatoms. The van der Waals surface area contributed by atoms with Crippen molar-refractivity contribution in [1.82, 2.24) is 0 Å². The number of hydrogen-bond donors (Lipinski definition) is 2. The highest BCUT2D eigenvalue weighted by Crippen LogP contribution is 2.36. The molecule has 0 aliphatic rings. The number of anilines is 1. The zero-order valence-corrected chi connectivity index (χ0v) is 22.4. The molecular formula is C28H26Cl2F3N3O2. The summed E-state index contributed by atoms with van der Waals surface area (Å²) >= 11 is 11.5. The second kappa shape index (κ2) is 13.8. The Kier molecular flexibility index (Phi) is 11.1. The number of Topliss-reactive ketones (excluding diaryl/α,β-unsaturated/α-hetero) is 1. The molecule has 1 amide bonds. The van der Waals surface area contributed by atoms with Gasteiger partial charge in [-0.15, -0.1) is 11.6 Å². The van der Waals surface area contributed by atoms with Crippen molar-refractivity contribution in [3.63, 3.8) is 0 Å². The number of rotatable bonds is 7. The standard InChI is InChI=1S/C26H20Cl2F3N3O2.C2H6/c1-15-5-8-23(34-25(36)17-4-2-3-16(10-17)12-27)20(9-15)24(35)18(13-32)14-33-19-6-7-22(28)21(11-19)26(29,30)31;1-2/h2-11,13-14H,12,32H2,1H3,(H,34,36);1-2H3/b18-13+,33-14?;. The van der Waals surface area contributed by atoms with Crippen LogP contribution in [0.25, 0.3) is 0 Å². The number of halogens is 5. The highest BCUT2D eigenvalue weighted by Gasteiger charge is 2.33. The average molecular weight is 564 g/mol. The summed E-state index contributed by atoms with van der Waals surface area (Å²) in [4.78, 5) is 30.0. The van der Waals surface area contributed by atoms with Gasteiger partial charge in [0.1, 0.15) is 0 Å². The second-order valence-corrected chi connectivity index (χ2v) is 8.38. The lowest BCUT2D eigenvalue weighted by Crippen LogP contribution is -2.16. The molecule has 0 saturated heterocycles. The fourth-order valence-corrected chi connectivity index (χ4v) is 3.62. The van der Waals surface area contributed by atoms with Crippen LogP contribution in [0.4, 0.5) is 24.5 Å². The van der Waals surface area contributed by atoms with Crippen LogP contribution in [0.15, 0.2) is 77.4 Å². The number of nitrogens with two attached hydrogens (primary N) is 1. The Labute approximate surface area is 229 Å². The van der Waals surface area contributed by atoms with E-state index in [0.29, 0.717) is 5.56 Å². The zero-order valence-electron chi connectivity index (χ0n) is 20.9. The Hall–Kier alpha value is -3.62. The third-order valence-electron chi connectivity index (χ3n) is 5.06.